The van der Waals surface area contributed by atoms with Crippen molar-refractivity contribution in [3.8, 4) is 0 Å². The topological polar surface area (TPSA) is 65.5 Å². The van der Waals surface area contributed by atoms with Crippen molar-refractivity contribution in [1.29, 1.82) is 0 Å². The maximum absolute atomic E-state index is 11.2. The molecule has 0 radical (unpaired) electrons. The van der Waals surface area contributed by atoms with Crippen LogP contribution in [0.25, 0.3) is 0 Å². The number of ether oxygens (including phenoxy) is 1. The van der Waals surface area contributed by atoms with Gasteiger partial charge in [0.25, 0.3) is 5.69 Å². The summed E-state index contributed by atoms with van der Waals surface area (Å²) >= 11 is 0. The van der Waals surface area contributed by atoms with Gasteiger partial charge in [0, 0.05) is 19.6 Å². The summed E-state index contributed by atoms with van der Waals surface area (Å²) in [5.41, 5.74) is 1.78. The van der Waals surface area contributed by atoms with E-state index in [4.69, 9.17) is 9.15 Å². The monoisotopic (exact) mass is 287 g/mol. The van der Waals surface area contributed by atoms with Crippen LogP contribution in [0.4, 0.5) is 5.69 Å². The molecule has 1 aliphatic rings. The lowest BCUT2D eigenvalue weighted by atomic mass is 9.98. The highest BCUT2D eigenvalue weighted by molar-refractivity contribution is 5.44. The van der Waals surface area contributed by atoms with Crippen LogP contribution in [-0.4, -0.2) is 12.0 Å². The zero-order valence-corrected chi connectivity index (χ0v) is 11.9. The van der Waals surface area contributed by atoms with E-state index in [1.165, 1.54) is 11.6 Å². The maximum Gasteiger partial charge on any atom is 0.275 e. The van der Waals surface area contributed by atoms with Gasteiger partial charge < -0.3 is 9.15 Å². The van der Waals surface area contributed by atoms with Crippen LogP contribution in [0.5, 0.6) is 0 Å². The lowest BCUT2D eigenvalue weighted by Crippen LogP contribution is -2.05. The second-order valence-corrected chi connectivity index (χ2v) is 5.24. The van der Waals surface area contributed by atoms with Gasteiger partial charge in [-0.05, 0) is 37.0 Å². The highest BCUT2D eigenvalue weighted by Gasteiger charge is 2.27. The van der Waals surface area contributed by atoms with Crippen LogP contribution in [0.1, 0.15) is 41.6 Å². The molecule has 0 saturated heterocycles. The number of para-hydroxylation sites is 1. The number of aryl methyl sites for hydroxylation is 2. The van der Waals surface area contributed by atoms with E-state index in [1.807, 2.05) is 6.07 Å². The second kappa shape index (κ2) is 5.69. The third kappa shape index (κ3) is 2.56. The fraction of sp³-hybridized carbons (Fsp3) is 0.375. The Kier molecular flexibility index (Phi) is 3.75. The van der Waals surface area contributed by atoms with Gasteiger partial charge in [0.05, 0.1) is 10.5 Å². The average Bonchev–Trinajstić information content (AvgIpc) is 2.92. The minimum atomic E-state index is -0.544. The van der Waals surface area contributed by atoms with Crippen molar-refractivity contribution in [2.24, 2.45) is 0 Å². The smallest absolute Gasteiger partial charge is 0.275 e. The summed E-state index contributed by atoms with van der Waals surface area (Å²) in [6.07, 6.45) is 3.68. The number of hydrogen-bond acceptors (Lipinski definition) is 4. The van der Waals surface area contributed by atoms with E-state index in [1.54, 1.807) is 25.3 Å². The highest BCUT2D eigenvalue weighted by Crippen LogP contribution is 2.35. The van der Waals surface area contributed by atoms with Crippen LogP contribution in [0.15, 0.2) is 34.7 Å². The molecule has 5 heteroatoms. The summed E-state index contributed by atoms with van der Waals surface area (Å²) in [6.45, 7) is 0. The molecule has 1 aliphatic carbocycles. The minimum Gasteiger partial charge on any atom is -0.463 e. The number of furan rings is 1. The molecule has 0 fully saturated rings. The van der Waals surface area contributed by atoms with Gasteiger partial charge in [-0.1, -0.05) is 12.1 Å². The Morgan fingerprint density at radius 2 is 2.05 bits per heavy atom. The van der Waals surface area contributed by atoms with Gasteiger partial charge in [0.1, 0.15) is 17.6 Å². The van der Waals surface area contributed by atoms with Crippen molar-refractivity contribution in [3.63, 3.8) is 0 Å². The molecule has 110 valence electrons. The summed E-state index contributed by atoms with van der Waals surface area (Å²) in [5.74, 6) is 1.65. The largest absolute Gasteiger partial charge is 0.463 e. The van der Waals surface area contributed by atoms with Crippen molar-refractivity contribution in [3.05, 3.63) is 63.1 Å². The lowest BCUT2D eigenvalue weighted by molar-refractivity contribution is -0.386. The fourth-order valence-electron chi connectivity index (χ4n) is 2.91. The molecule has 1 aromatic heterocycles. The third-order valence-electron chi connectivity index (χ3n) is 3.93. The van der Waals surface area contributed by atoms with E-state index in [2.05, 4.69) is 0 Å². The number of methoxy groups -OCH3 is 1. The minimum absolute atomic E-state index is 0.0544. The van der Waals surface area contributed by atoms with E-state index in [0.717, 1.165) is 31.4 Å². The third-order valence-corrected chi connectivity index (χ3v) is 3.93. The summed E-state index contributed by atoms with van der Waals surface area (Å²) in [7, 11) is 1.54. The van der Waals surface area contributed by atoms with Crippen LogP contribution in [-0.2, 0) is 17.6 Å². The average molecular weight is 287 g/mol. The Labute approximate surface area is 122 Å². The zero-order valence-electron chi connectivity index (χ0n) is 11.9. The van der Waals surface area contributed by atoms with Crippen LogP contribution >= 0.6 is 0 Å². The van der Waals surface area contributed by atoms with Crippen molar-refractivity contribution in [1.82, 2.24) is 0 Å². The van der Waals surface area contributed by atoms with Crippen molar-refractivity contribution >= 4 is 5.69 Å². The first kappa shape index (κ1) is 13.8. The molecular formula is C16H17NO4. The highest BCUT2D eigenvalue weighted by atomic mass is 16.6. The number of nitro groups is 1. The molecule has 0 spiro atoms. The lowest BCUT2D eigenvalue weighted by Gasteiger charge is -2.13. The Balaban J connectivity index is 2.02. The van der Waals surface area contributed by atoms with Crippen molar-refractivity contribution in [2.75, 3.05) is 7.11 Å². The fourth-order valence-corrected chi connectivity index (χ4v) is 2.91. The van der Waals surface area contributed by atoms with Crippen LogP contribution in [0, 0.1) is 10.1 Å². The molecular weight excluding hydrogens is 270 g/mol. The zero-order chi connectivity index (χ0) is 14.8. The molecule has 0 aliphatic heterocycles. The summed E-state index contributed by atoms with van der Waals surface area (Å²) < 4.78 is 11.4. The number of nitro benzene ring substituents is 1. The van der Waals surface area contributed by atoms with Gasteiger partial charge in [-0.15, -0.1) is 0 Å². The van der Waals surface area contributed by atoms with Crippen molar-refractivity contribution in [2.45, 2.75) is 31.8 Å². The van der Waals surface area contributed by atoms with Gasteiger partial charge in [-0.3, -0.25) is 10.1 Å². The van der Waals surface area contributed by atoms with Crippen LogP contribution in [0.3, 0.4) is 0 Å². The Hall–Kier alpha value is -2.14. The summed E-state index contributed by atoms with van der Waals surface area (Å²) in [5, 5.41) is 11.2. The predicted octanol–water partition coefficient (Wildman–Crippen LogP) is 3.80. The Morgan fingerprint density at radius 1 is 1.29 bits per heavy atom. The molecule has 2 aromatic rings. The van der Waals surface area contributed by atoms with E-state index >= 15 is 0 Å². The molecule has 1 aromatic carbocycles. The van der Waals surface area contributed by atoms with Gasteiger partial charge in [-0.25, -0.2) is 0 Å². The van der Waals surface area contributed by atoms with Gasteiger partial charge in [0.2, 0.25) is 0 Å². The first-order valence-corrected chi connectivity index (χ1v) is 7.08. The second-order valence-electron chi connectivity index (χ2n) is 5.24. The molecule has 0 amide bonds. The Bertz CT molecular complexity index is 639. The van der Waals surface area contributed by atoms with Crippen LogP contribution in [0.2, 0.25) is 0 Å². The number of benzene rings is 1. The number of rotatable bonds is 4. The molecule has 0 N–H and O–H groups in total. The van der Waals surface area contributed by atoms with E-state index in [0.29, 0.717) is 11.3 Å². The number of hydrogen-bond donors (Lipinski definition) is 0. The molecule has 0 saturated carbocycles. The van der Waals surface area contributed by atoms with E-state index in [9.17, 15) is 10.1 Å². The summed E-state index contributed by atoms with van der Waals surface area (Å²) in [4.78, 5) is 10.8. The normalized spacial score (nSPS) is 15.5. The first-order chi connectivity index (χ1) is 10.2. The maximum atomic E-state index is 11.2. The Morgan fingerprint density at radius 3 is 2.76 bits per heavy atom. The molecule has 1 atom stereocenters. The SMILES string of the molecule is COC(c1cc2c(o1)CCCC2)c1ccccc1[N+](=O)[O-]. The number of fused-ring (bicyclic) bond motifs is 1. The standard InChI is InChI=1S/C16H17NO4/c1-20-16(12-7-3-4-8-13(12)17(18)19)15-10-11-6-2-5-9-14(11)21-15/h3-4,7-8,10,16H,2,5-6,9H2,1H3. The van der Waals surface area contributed by atoms with E-state index < -0.39 is 6.10 Å². The summed E-state index contributed by atoms with van der Waals surface area (Å²) in [6, 6.07) is 8.62. The van der Waals surface area contributed by atoms with E-state index in [-0.39, 0.29) is 10.6 Å². The molecule has 3 rings (SSSR count). The quantitative estimate of drug-likeness (QED) is 0.633. The predicted molar refractivity (Wildman–Crippen MR) is 77.3 cm³/mol. The molecule has 1 heterocycles. The molecule has 0 bridgehead atoms. The van der Waals surface area contributed by atoms with Crippen LogP contribution < -0.4 is 0 Å². The number of nitrogens with zero attached hydrogens (tertiary/aromatic N) is 1. The van der Waals surface area contributed by atoms with Gasteiger partial charge in [0.15, 0.2) is 0 Å². The first-order valence-electron chi connectivity index (χ1n) is 7.08. The molecule has 21 heavy (non-hydrogen) atoms. The van der Waals surface area contributed by atoms with Gasteiger partial charge in [-0.2, -0.15) is 0 Å². The van der Waals surface area contributed by atoms with Crippen molar-refractivity contribution < 1.29 is 14.1 Å². The molecule has 5 nitrogen and oxygen atoms in total. The molecule has 1 unspecified atom stereocenters. The van der Waals surface area contributed by atoms with Gasteiger partial charge >= 0.3 is 0 Å².